The topological polar surface area (TPSA) is 75.7 Å². The number of sulfonamides is 1. The molecule has 1 N–H and O–H groups in total. The SMILES string of the molecule is CCOc1ccc(S(=O)(=O)N(C)CC(=O)Nc2c(C)cccc2C(C)C)cc1. The number of carbonyl (C=O) groups is 1. The minimum Gasteiger partial charge on any atom is -0.494 e. The van der Waals surface area contributed by atoms with E-state index in [1.54, 1.807) is 12.1 Å². The Morgan fingerprint density at radius 1 is 1.14 bits per heavy atom. The molecule has 6 nitrogen and oxygen atoms in total. The largest absolute Gasteiger partial charge is 0.494 e. The van der Waals surface area contributed by atoms with Crippen LogP contribution in [0.25, 0.3) is 0 Å². The van der Waals surface area contributed by atoms with Crippen molar-refractivity contribution < 1.29 is 17.9 Å². The maximum atomic E-state index is 12.7. The van der Waals surface area contributed by atoms with Crippen molar-refractivity contribution in [2.45, 2.75) is 38.5 Å². The number of hydrogen-bond donors (Lipinski definition) is 1. The Hall–Kier alpha value is -2.38. The number of carbonyl (C=O) groups excluding carboxylic acids is 1. The van der Waals surface area contributed by atoms with Crippen LogP contribution in [0.4, 0.5) is 5.69 Å². The van der Waals surface area contributed by atoms with Gasteiger partial charge in [0.25, 0.3) is 0 Å². The molecule has 1 amide bonds. The lowest BCUT2D eigenvalue weighted by molar-refractivity contribution is -0.116. The van der Waals surface area contributed by atoms with E-state index in [4.69, 9.17) is 4.74 Å². The van der Waals surface area contributed by atoms with Crippen molar-refractivity contribution in [2.75, 3.05) is 25.5 Å². The first-order valence-electron chi connectivity index (χ1n) is 9.25. The van der Waals surface area contributed by atoms with Crippen LogP contribution in [0.2, 0.25) is 0 Å². The number of anilines is 1. The smallest absolute Gasteiger partial charge is 0.243 e. The van der Waals surface area contributed by atoms with E-state index in [-0.39, 0.29) is 23.3 Å². The third-order valence-corrected chi connectivity index (χ3v) is 6.22. The van der Waals surface area contributed by atoms with E-state index >= 15 is 0 Å². The van der Waals surface area contributed by atoms with E-state index in [1.165, 1.54) is 19.2 Å². The molecule has 2 aromatic carbocycles. The second kappa shape index (κ2) is 9.21. The first-order valence-corrected chi connectivity index (χ1v) is 10.7. The zero-order valence-electron chi connectivity index (χ0n) is 17.0. The summed E-state index contributed by atoms with van der Waals surface area (Å²) < 4.78 is 31.9. The lowest BCUT2D eigenvalue weighted by atomic mass is 9.98. The van der Waals surface area contributed by atoms with E-state index in [1.807, 2.05) is 45.9 Å². The Balaban J connectivity index is 2.13. The maximum Gasteiger partial charge on any atom is 0.243 e. The molecule has 0 bridgehead atoms. The number of benzene rings is 2. The van der Waals surface area contributed by atoms with Crippen molar-refractivity contribution in [2.24, 2.45) is 0 Å². The van der Waals surface area contributed by atoms with Gasteiger partial charge in [-0.05, 0) is 55.2 Å². The first kappa shape index (κ1) is 21.9. The third-order valence-electron chi connectivity index (χ3n) is 4.40. The Labute approximate surface area is 167 Å². The molecular weight excluding hydrogens is 376 g/mol. The van der Waals surface area contributed by atoms with Gasteiger partial charge in [0.05, 0.1) is 18.0 Å². The van der Waals surface area contributed by atoms with Crippen LogP contribution in [-0.2, 0) is 14.8 Å². The zero-order chi connectivity index (χ0) is 20.9. The lowest BCUT2D eigenvalue weighted by Gasteiger charge is -2.20. The number of aryl methyl sites for hydroxylation is 1. The normalized spacial score (nSPS) is 11.7. The van der Waals surface area contributed by atoms with Crippen LogP contribution >= 0.6 is 0 Å². The number of amides is 1. The second-order valence-corrected chi connectivity index (χ2v) is 8.95. The molecule has 152 valence electrons. The summed E-state index contributed by atoms with van der Waals surface area (Å²) in [6.45, 7) is 8.10. The van der Waals surface area contributed by atoms with Crippen LogP contribution in [0.5, 0.6) is 5.75 Å². The molecule has 0 radical (unpaired) electrons. The van der Waals surface area contributed by atoms with Crippen LogP contribution < -0.4 is 10.1 Å². The van der Waals surface area contributed by atoms with Gasteiger partial charge in [0, 0.05) is 12.7 Å². The van der Waals surface area contributed by atoms with Crippen molar-refractivity contribution in [3.05, 3.63) is 53.6 Å². The van der Waals surface area contributed by atoms with Crippen LogP contribution in [0, 0.1) is 6.92 Å². The average Bonchev–Trinajstić information content (AvgIpc) is 2.63. The summed E-state index contributed by atoms with van der Waals surface area (Å²) in [5.41, 5.74) is 2.70. The minimum absolute atomic E-state index is 0.116. The molecular formula is C21H28N2O4S. The molecule has 7 heteroatoms. The van der Waals surface area contributed by atoms with Gasteiger partial charge in [0.1, 0.15) is 5.75 Å². The van der Waals surface area contributed by atoms with Crippen molar-refractivity contribution in [3.63, 3.8) is 0 Å². The van der Waals surface area contributed by atoms with E-state index in [0.29, 0.717) is 12.4 Å². The van der Waals surface area contributed by atoms with Crippen molar-refractivity contribution in [3.8, 4) is 5.75 Å². The highest BCUT2D eigenvalue weighted by molar-refractivity contribution is 7.89. The predicted molar refractivity (Wildman–Crippen MR) is 111 cm³/mol. The third kappa shape index (κ3) is 5.11. The Morgan fingerprint density at radius 3 is 2.36 bits per heavy atom. The Morgan fingerprint density at radius 2 is 1.79 bits per heavy atom. The van der Waals surface area contributed by atoms with Crippen molar-refractivity contribution in [1.29, 1.82) is 0 Å². The number of hydrogen-bond acceptors (Lipinski definition) is 4. The summed E-state index contributed by atoms with van der Waals surface area (Å²) in [5, 5.41) is 2.88. The van der Waals surface area contributed by atoms with Crippen molar-refractivity contribution >= 4 is 21.6 Å². The molecule has 0 aromatic heterocycles. The lowest BCUT2D eigenvalue weighted by Crippen LogP contribution is -2.35. The van der Waals surface area contributed by atoms with Gasteiger partial charge in [-0.15, -0.1) is 0 Å². The fraction of sp³-hybridized carbons (Fsp3) is 0.381. The second-order valence-electron chi connectivity index (χ2n) is 6.91. The van der Waals surface area contributed by atoms with Gasteiger partial charge in [-0.25, -0.2) is 8.42 Å². The van der Waals surface area contributed by atoms with E-state index in [0.717, 1.165) is 21.1 Å². The van der Waals surface area contributed by atoms with Crippen LogP contribution in [0.3, 0.4) is 0 Å². The van der Waals surface area contributed by atoms with Gasteiger partial charge in [0.15, 0.2) is 0 Å². The molecule has 0 fully saturated rings. The van der Waals surface area contributed by atoms with Crippen molar-refractivity contribution in [1.82, 2.24) is 4.31 Å². The fourth-order valence-corrected chi connectivity index (χ4v) is 3.99. The zero-order valence-corrected chi connectivity index (χ0v) is 17.8. The monoisotopic (exact) mass is 404 g/mol. The van der Waals surface area contributed by atoms with Gasteiger partial charge in [-0.2, -0.15) is 4.31 Å². The molecule has 28 heavy (non-hydrogen) atoms. The summed E-state index contributed by atoms with van der Waals surface area (Å²) >= 11 is 0. The molecule has 2 aromatic rings. The number of nitrogens with one attached hydrogen (secondary N) is 1. The molecule has 0 unspecified atom stereocenters. The molecule has 0 aliphatic rings. The summed E-state index contributed by atoms with van der Waals surface area (Å²) in [6.07, 6.45) is 0. The standard InChI is InChI=1S/C21H28N2O4S/c1-6-27-17-10-12-18(13-11-17)28(25,26)23(5)14-20(24)22-21-16(4)8-7-9-19(21)15(2)3/h7-13,15H,6,14H2,1-5H3,(H,22,24). The highest BCUT2D eigenvalue weighted by atomic mass is 32.2. The minimum atomic E-state index is -3.78. The molecule has 0 aliphatic heterocycles. The van der Waals surface area contributed by atoms with Gasteiger partial charge in [0.2, 0.25) is 15.9 Å². The molecule has 0 atom stereocenters. The highest BCUT2D eigenvalue weighted by Crippen LogP contribution is 2.27. The van der Waals surface area contributed by atoms with Crippen LogP contribution in [0.1, 0.15) is 37.8 Å². The highest BCUT2D eigenvalue weighted by Gasteiger charge is 2.23. The van der Waals surface area contributed by atoms with E-state index < -0.39 is 10.0 Å². The Bertz CT molecular complexity index is 922. The molecule has 0 saturated carbocycles. The number of ether oxygens (including phenoxy) is 1. The maximum absolute atomic E-state index is 12.7. The van der Waals surface area contributed by atoms with Gasteiger partial charge < -0.3 is 10.1 Å². The summed E-state index contributed by atoms with van der Waals surface area (Å²) in [4.78, 5) is 12.6. The Kier molecular flexibility index (Phi) is 7.21. The molecule has 0 aliphatic carbocycles. The number of rotatable bonds is 8. The molecule has 0 heterocycles. The average molecular weight is 405 g/mol. The van der Waals surface area contributed by atoms with Crippen LogP contribution in [0.15, 0.2) is 47.4 Å². The number of likely N-dealkylation sites (N-methyl/N-ethyl adjacent to an activating group) is 1. The van der Waals surface area contributed by atoms with Gasteiger partial charge in [-0.1, -0.05) is 32.0 Å². The van der Waals surface area contributed by atoms with Crippen LogP contribution in [-0.4, -0.2) is 38.8 Å². The summed E-state index contributed by atoms with van der Waals surface area (Å²) in [5.74, 6) is 0.455. The van der Waals surface area contributed by atoms with Gasteiger partial charge in [-0.3, -0.25) is 4.79 Å². The number of nitrogens with zero attached hydrogens (tertiary/aromatic N) is 1. The summed E-state index contributed by atoms with van der Waals surface area (Å²) in [6, 6.07) is 12.0. The molecule has 0 spiro atoms. The van der Waals surface area contributed by atoms with E-state index in [2.05, 4.69) is 5.32 Å². The number of para-hydroxylation sites is 1. The molecule has 2 rings (SSSR count). The summed E-state index contributed by atoms with van der Waals surface area (Å²) in [7, 11) is -2.38. The molecule has 0 saturated heterocycles. The van der Waals surface area contributed by atoms with Gasteiger partial charge >= 0.3 is 0 Å². The predicted octanol–water partition coefficient (Wildman–Crippen LogP) is 3.78. The quantitative estimate of drug-likeness (QED) is 0.727. The first-order chi connectivity index (χ1) is 13.2. The fourth-order valence-electron chi connectivity index (χ4n) is 2.86. The van der Waals surface area contributed by atoms with E-state index in [9.17, 15) is 13.2 Å².